The molecule has 1 saturated carbocycles. The maximum absolute atomic E-state index is 12.8. The summed E-state index contributed by atoms with van der Waals surface area (Å²) in [6.07, 6.45) is 1.38. The Kier molecular flexibility index (Phi) is 6.23. The zero-order chi connectivity index (χ0) is 20.1. The summed E-state index contributed by atoms with van der Waals surface area (Å²) in [6, 6.07) is 4.08. The highest BCUT2D eigenvalue weighted by Crippen LogP contribution is 2.33. The molecule has 1 aliphatic carbocycles. The summed E-state index contributed by atoms with van der Waals surface area (Å²) in [5.74, 6) is 0. The van der Waals surface area contributed by atoms with Gasteiger partial charge in [-0.15, -0.1) is 0 Å². The lowest BCUT2D eigenvalue weighted by Gasteiger charge is -2.28. The van der Waals surface area contributed by atoms with Gasteiger partial charge in [0.15, 0.2) is 0 Å². The maximum Gasteiger partial charge on any atom is 0.416 e. The van der Waals surface area contributed by atoms with Gasteiger partial charge in [0, 0.05) is 18.4 Å². The number of ether oxygens (including phenoxy) is 1. The minimum atomic E-state index is -4.52. The van der Waals surface area contributed by atoms with Crippen molar-refractivity contribution in [2.75, 3.05) is 5.32 Å². The Morgan fingerprint density at radius 3 is 2.46 bits per heavy atom. The second kappa shape index (κ2) is 8.64. The van der Waals surface area contributed by atoms with Crippen molar-refractivity contribution in [2.45, 2.75) is 44.0 Å². The van der Waals surface area contributed by atoms with E-state index in [0.29, 0.717) is 31.7 Å². The first-order valence-corrected chi connectivity index (χ1v) is 9.07. The average molecular weight is 415 g/mol. The number of nitrogens with zero attached hydrogens (tertiary/aromatic N) is 2. The van der Waals surface area contributed by atoms with Gasteiger partial charge in [-0.1, -0.05) is 11.6 Å². The van der Waals surface area contributed by atoms with Gasteiger partial charge < -0.3 is 15.4 Å². The van der Waals surface area contributed by atoms with Gasteiger partial charge in [0.05, 0.1) is 16.3 Å². The van der Waals surface area contributed by atoms with Crippen LogP contribution in [0.25, 0.3) is 0 Å². The van der Waals surface area contributed by atoms with E-state index in [4.69, 9.17) is 16.3 Å². The molecule has 3 rings (SSSR count). The number of anilines is 1. The molecular weight excluding hydrogens is 397 g/mol. The summed E-state index contributed by atoms with van der Waals surface area (Å²) >= 11 is 5.89. The Bertz CT molecular complexity index is 812. The predicted molar refractivity (Wildman–Crippen MR) is 97.3 cm³/mol. The van der Waals surface area contributed by atoms with E-state index in [0.717, 1.165) is 18.2 Å². The van der Waals surface area contributed by atoms with Crippen LogP contribution in [-0.4, -0.2) is 28.1 Å². The van der Waals surface area contributed by atoms with Crippen LogP contribution >= 0.6 is 11.6 Å². The van der Waals surface area contributed by atoms with E-state index in [2.05, 4.69) is 20.6 Å². The number of amides is 2. The molecular formula is C18H18ClF3N4O2. The summed E-state index contributed by atoms with van der Waals surface area (Å²) < 4.78 is 44.1. The summed E-state index contributed by atoms with van der Waals surface area (Å²) in [6.45, 7) is 0. The van der Waals surface area contributed by atoms with Crippen LogP contribution in [0.1, 0.15) is 31.2 Å². The van der Waals surface area contributed by atoms with Crippen LogP contribution in [0.4, 0.5) is 23.7 Å². The number of benzene rings is 1. The molecule has 1 fully saturated rings. The highest BCUT2D eigenvalue weighted by Gasteiger charge is 2.31. The fraction of sp³-hybridized carbons (Fsp3) is 0.389. The molecule has 0 unspecified atom stereocenters. The third kappa shape index (κ3) is 5.48. The Morgan fingerprint density at radius 1 is 1.14 bits per heavy atom. The molecule has 2 N–H and O–H groups in total. The quantitative estimate of drug-likeness (QED) is 0.762. The normalized spacial score (nSPS) is 19.7. The highest BCUT2D eigenvalue weighted by atomic mass is 35.5. The molecule has 10 heteroatoms. The first kappa shape index (κ1) is 20.2. The highest BCUT2D eigenvalue weighted by molar-refractivity contribution is 6.33. The molecule has 1 aliphatic rings. The van der Waals surface area contributed by atoms with Crippen molar-refractivity contribution in [1.29, 1.82) is 0 Å². The number of urea groups is 1. The van der Waals surface area contributed by atoms with E-state index in [9.17, 15) is 18.0 Å². The molecule has 6 nitrogen and oxygen atoms in total. The van der Waals surface area contributed by atoms with E-state index in [-0.39, 0.29) is 22.9 Å². The monoisotopic (exact) mass is 414 g/mol. The Labute approximate surface area is 164 Å². The van der Waals surface area contributed by atoms with Gasteiger partial charge in [-0.3, -0.25) is 0 Å². The molecule has 0 bridgehead atoms. The summed E-state index contributed by atoms with van der Waals surface area (Å²) in [5, 5.41) is 5.18. The second-order valence-electron chi connectivity index (χ2n) is 6.41. The average Bonchev–Trinajstić information content (AvgIpc) is 2.65. The van der Waals surface area contributed by atoms with Gasteiger partial charge in [0.1, 0.15) is 6.10 Å². The molecule has 0 spiro atoms. The molecule has 0 radical (unpaired) electrons. The van der Waals surface area contributed by atoms with Crippen LogP contribution in [0.3, 0.4) is 0 Å². The Hall–Kier alpha value is -2.55. The molecule has 2 aromatic rings. The minimum Gasteiger partial charge on any atom is -0.460 e. The lowest BCUT2D eigenvalue weighted by Crippen LogP contribution is -2.41. The molecule has 2 amide bonds. The minimum absolute atomic E-state index is 0.0307. The third-order valence-electron chi connectivity index (χ3n) is 4.37. The SMILES string of the molecule is O=C(Nc1cc(C(F)(F)F)ccc1Cl)NC1CCC(Oc2ncccn2)CC1. The molecule has 150 valence electrons. The maximum atomic E-state index is 12.8. The van der Waals surface area contributed by atoms with Gasteiger partial charge in [-0.2, -0.15) is 13.2 Å². The standard InChI is InChI=1S/C18H18ClF3N4O2/c19-14-7-2-11(18(20,21)22)10-15(14)26-16(27)25-12-3-5-13(6-4-12)28-17-23-8-1-9-24-17/h1-2,7-10,12-13H,3-6H2,(H2,25,26,27). The zero-order valence-electron chi connectivity index (χ0n) is 14.7. The molecule has 28 heavy (non-hydrogen) atoms. The lowest BCUT2D eigenvalue weighted by atomic mass is 9.93. The summed E-state index contributed by atoms with van der Waals surface area (Å²) in [5.41, 5.74) is -0.972. The van der Waals surface area contributed by atoms with Crippen LogP contribution in [0.15, 0.2) is 36.7 Å². The van der Waals surface area contributed by atoms with Crippen molar-refractivity contribution in [3.63, 3.8) is 0 Å². The fourth-order valence-corrected chi connectivity index (χ4v) is 3.13. The van der Waals surface area contributed by atoms with Crippen molar-refractivity contribution in [3.05, 3.63) is 47.2 Å². The van der Waals surface area contributed by atoms with Crippen molar-refractivity contribution in [3.8, 4) is 6.01 Å². The number of halogens is 4. The van der Waals surface area contributed by atoms with Crippen molar-refractivity contribution in [2.24, 2.45) is 0 Å². The number of hydrogen-bond acceptors (Lipinski definition) is 4. The smallest absolute Gasteiger partial charge is 0.416 e. The van der Waals surface area contributed by atoms with Gasteiger partial charge in [-0.25, -0.2) is 14.8 Å². The number of aromatic nitrogens is 2. The van der Waals surface area contributed by atoms with E-state index in [1.165, 1.54) is 0 Å². The summed E-state index contributed by atoms with van der Waals surface area (Å²) in [7, 11) is 0. The third-order valence-corrected chi connectivity index (χ3v) is 4.70. The largest absolute Gasteiger partial charge is 0.460 e. The molecule has 1 aromatic heterocycles. The van der Waals surface area contributed by atoms with E-state index < -0.39 is 17.8 Å². The Balaban J connectivity index is 1.50. The molecule has 0 aliphatic heterocycles. The topological polar surface area (TPSA) is 76.1 Å². The molecule has 0 atom stereocenters. The number of rotatable bonds is 4. The first-order chi connectivity index (χ1) is 13.3. The van der Waals surface area contributed by atoms with Crippen LogP contribution in [0.5, 0.6) is 6.01 Å². The van der Waals surface area contributed by atoms with Crippen molar-refractivity contribution >= 4 is 23.3 Å². The van der Waals surface area contributed by atoms with Gasteiger partial charge >= 0.3 is 18.2 Å². The van der Waals surface area contributed by atoms with Gasteiger partial charge in [0.2, 0.25) is 0 Å². The van der Waals surface area contributed by atoms with Crippen LogP contribution in [0.2, 0.25) is 5.02 Å². The number of alkyl halides is 3. The zero-order valence-corrected chi connectivity index (χ0v) is 15.4. The van der Waals surface area contributed by atoms with Crippen LogP contribution in [-0.2, 0) is 6.18 Å². The number of nitrogens with one attached hydrogen (secondary N) is 2. The molecule has 1 aromatic carbocycles. The van der Waals surface area contributed by atoms with Crippen molar-refractivity contribution < 1.29 is 22.7 Å². The fourth-order valence-electron chi connectivity index (χ4n) is 2.96. The molecule has 0 saturated heterocycles. The Morgan fingerprint density at radius 2 is 1.82 bits per heavy atom. The van der Waals surface area contributed by atoms with Gasteiger partial charge in [0.25, 0.3) is 0 Å². The predicted octanol–water partition coefficient (Wildman–Crippen LogP) is 4.66. The van der Waals surface area contributed by atoms with Crippen LogP contribution in [0, 0.1) is 0 Å². The van der Waals surface area contributed by atoms with Crippen molar-refractivity contribution in [1.82, 2.24) is 15.3 Å². The van der Waals surface area contributed by atoms with E-state index in [1.54, 1.807) is 18.5 Å². The van der Waals surface area contributed by atoms with E-state index >= 15 is 0 Å². The van der Waals surface area contributed by atoms with Crippen LogP contribution < -0.4 is 15.4 Å². The second-order valence-corrected chi connectivity index (χ2v) is 6.82. The molecule has 1 heterocycles. The summed E-state index contributed by atoms with van der Waals surface area (Å²) in [4.78, 5) is 20.2. The van der Waals surface area contributed by atoms with Gasteiger partial charge in [-0.05, 0) is 49.9 Å². The first-order valence-electron chi connectivity index (χ1n) is 8.69. The van der Waals surface area contributed by atoms with E-state index in [1.807, 2.05) is 0 Å². The number of carbonyl (C=O) groups excluding carboxylic acids is 1. The number of hydrogen-bond donors (Lipinski definition) is 2. The number of carbonyl (C=O) groups is 1. The lowest BCUT2D eigenvalue weighted by molar-refractivity contribution is -0.137.